The van der Waals surface area contributed by atoms with Crippen LogP contribution < -0.4 is 5.69 Å². The van der Waals surface area contributed by atoms with E-state index in [9.17, 15) is 14.4 Å². The monoisotopic (exact) mass is 289 g/mol. The summed E-state index contributed by atoms with van der Waals surface area (Å²) in [6.45, 7) is 0.679. The van der Waals surface area contributed by atoms with Crippen LogP contribution in [0.5, 0.6) is 0 Å². The average molecular weight is 289 g/mol. The number of aliphatic carboxylic acids is 1. The second kappa shape index (κ2) is 4.76. The summed E-state index contributed by atoms with van der Waals surface area (Å²) in [6, 6.07) is 4.99. The zero-order valence-electron chi connectivity index (χ0n) is 11.5. The highest BCUT2D eigenvalue weighted by molar-refractivity contribution is 5.97. The second-order valence-electron chi connectivity index (χ2n) is 5.30. The molecule has 1 amide bonds. The molecule has 1 atom stereocenters. The van der Waals surface area contributed by atoms with Gasteiger partial charge in [-0.2, -0.15) is 0 Å². The molecule has 0 radical (unpaired) electrons. The van der Waals surface area contributed by atoms with E-state index in [1.165, 1.54) is 4.57 Å². The van der Waals surface area contributed by atoms with Gasteiger partial charge in [0.1, 0.15) is 0 Å². The fourth-order valence-electron chi connectivity index (χ4n) is 2.69. The van der Waals surface area contributed by atoms with Crippen molar-refractivity contribution in [1.29, 1.82) is 0 Å². The lowest BCUT2D eigenvalue weighted by atomic mass is 10.1. The molecule has 2 aromatic rings. The van der Waals surface area contributed by atoms with Crippen LogP contribution in [-0.2, 0) is 11.8 Å². The number of aryl methyl sites for hydroxylation is 1. The normalized spacial score (nSPS) is 18.3. The van der Waals surface area contributed by atoms with Crippen molar-refractivity contribution >= 4 is 22.9 Å². The Hall–Kier alpha value is -2.57. The number of H-pyrrole nitrogens is 1. The molecule has 21 heavy (non-hydrogen) atoms. The van der Waals surface area contributed by atoms with Crippen molar-refractivity contribution in [3.63, 3.8) is 0 Å². The maximum absolute atomic E-state index is 12.4. The van der Waals surface area contributed by atoms with E-state index in [0.29, 0.717) is 29.6 Å². The number of carbonyl (C=O) groups excluding carboxylic acids is 1. The molecule has 0 aliphatic carbocycles. The molecule has 1 fully saturated rings. The van der Waals surface area contributed by atoms with Gasteiger partial charge in [-0.15, -0.1) is 0 Å². The number of hydrogen-bond acceptors (Lipinski definition) is 3. The smallest absolute Gasteiger partial charge is 0.326 e. The van der Waals surface area contributed by atoms with Crippen LogP contribution in [0.15, 0.2) is 23.0 Å². The number of carbonyl (C=O) groups is 2. The zero-order valence-corrected chi connectivity index (χ0v) is 11.5. The lowest BCUT2D eigenvalue weighted by Crippen LogP contribution is -2.29. The van der Waals surface area contributed by atoms with Crippen LogP contribution >= 0.6 is 0 Å². The summed E-state index contributed by atoms with van der Waals surface area (Å²) in [6.07, 6.45) is 0.478. The molecule has 3 rings (SSSR count). The molecule has 0 bridgehead atoms. The van der Waals surface area contributed by atoms with Gasteiger partial charge in [0, 0.05) is 25.7 Å². The van der Waals surface area contributed by atoms with Gasteiger partial charge in [-0.3, -0.25) is 14.2 Å². The maximum atomic E-state index is 12.4. The first kappa shape index (κ1) is 13.4. The van der Waals surface area contributed by atoms with Gasteiger partial charge in [-0.05, 0) is 24.6 Å². The minimum atomic E-state index is -0.867. The van der Waals surface area contributed by atoms with Crippen LogP contribution in [0.1, 0.15) is 16.8 Å². The summed E-state index contributed by atoms with van der Waals surface area (Å²) in [5.41, 5.74) is 1.55. The molecule has 0 spiro atoms. The molecule has 1 aliphatic heterocycles. The Morgan fingerprint density at radius 1 is 1.38 bits per heavy atom. The van der Waals surface area contributed by atoms with Crippen molar-refractivity contribution in [2.45, 2.75) is 6.42 Å². The van der Waals surface area contributed by atoms with E-state index >= 15 is 0 Å². The Labute approximate surface area is 119 Å². The lowest BCUT2D eigenvalue weighted by Gasteiger charge is -2.15. The van der Waals surface area contributed by atoms with Crippen molar-refractivity contribution in [2.24, 2.45) is 13.0 Å². The molecule has 110 valence electrons. The van der Waals surface area contributed by atoms with E-state index in [1.807, 2.05) is 0 Å². The standard InChI is InChI=1S/C14H15N3O4/c1-16-11-6-8(2-3-10(11)15-14(16)21)12(18)17-5-4-9(7-17)13(19)20/h2-3,6,9H,4-5,7H2,1H3,(H,15,21)(H,19,20). The summed E-state index contributed by atoms with van der Waals surface area (Å²) in [5.74, 6) is -1.56. The number of aromatic amines is 1. The highest BCUT2D eigenvalue weighted by Gasteiger charge is 2.31. The topological polar surface area (TPSA) is 95.4 Å². The average Bonchev–Trinajstić information content (AvgIpc) is 3.05. The number of carboxylic acid groups (broad SMARTS) is 1. The third-order valence-electron chi connectivity index (χ3n) is 3.98. The van der Waals surface area contributed by atoms with Gasteiger partial charge < -0.3 is 15.0 Å². The van der Waals surface area contributed by atoms with Crippen LogP contribution in [0.4, 0.5) is 0 Å². The first-order valence-corrected chi connectivity index (χ1v) is 6.68. The minimum Gasteiger partial charge on any atom is -0.481 e. The van der Waals surface area contributed by atoms with Crippen molar-refractivity contribution in [3.05, 3.63) is 34.2 Å². The molecule has 1 aromatic carbocycles. The number of carboxylic acids is 1. The largest absolute Gasteiger partial charge is 0.481 e. The quantitative estimate of drug-likeness (QED) is 0.837. The predicted molar refractivity (Wildman–Crippen MR) is 75.2 cm³/mol. The molecule has 1 aromatic heterocycles. The summed E-state index contributed by atoms with van der Waals surface area (Å²) >= 11 is 0. The molecule has 1 saturated heterocycles. The Bertz CT molecular complexity index is 789. The van der Waals surface area contributed by atoms with Crippen molar-refractivity contribution < 1.29 is 14.7 Å². The number of amides is 1. The van der Waals surface area contributed by atoms with Crippen LogP contribution in [0.25, 0.3) is 11.0 Å². The van der Waals surface area contributed by atoms with Crippen LogP contribution in [0, 0.1) is 5.92 Å². The Morgan fingerprint density at radius 3 is 2.81 bits per heavy atom. The van der Waals surface area contributed by atoms with E-state index in [1.54, 1.807) is 30.1 Å². The Balaban J connectivity index is 1.90. The van der Waals surface area contributed by atoms with Gasteiger partial charge >= 0.3 is 11.7 Å². The van der Waals surface area contributed by atoms with Crippen LogP contribution in [-0.4, -0.2) is 44.5 Å². The number of benzene rings is 1. The van der Waals surface area contributed by atoms with Crippen LogP contribution in [0.2, 0.25) is 0 Å². The van der Waals surface area contributed by atoms with Gasteiger partial charge in [-0.1, -0.05) is 0 Å². The minimum absolute atomic E-state index is 0.200. The summed E-state index contributed by atoms with van der Waals surface area (Å²) in [5, 5.41) is 8.98. The number of nitrogens with one attached hydrogen (secondary N) is 1. The number of fused-ring (bicyclic) bond motifs is 1. The van der Waals surface area contributed by atoms with Gasteiger partial charge in [-0.25, -0.2) is 4.79 Å². The number of rotatable bonds is 2. The first-order chi connectivity index (χ1) is 9.97. The highest BCUT2D eigenvalue weighted by atomic mass is 16.4. The molecule has 2 heterocycles. The highest BCUT2D eigenvalue weighted by Crippen LogP contribution is 2.20. The first-order valence-electron chi connectivity index (χ1n) is 6.68. The molecule has 7 nitrogen and oxygen atoms in total. The Morgan fingerprint density at radius 2 is 2.14 bits per heavy atom. The van der Waals surface area contributed by atoms with Gasteiger partial charge in [0.2, 0.25) is 0 Å². The molecule has 1 aliphatic rings. The van der Waals surface area contributed by atoms with Crippen molar-refractivity contribution in [3.8, 4) is 0 Å². The number of nitrogens with zero attached hydrogens (tertiary/aromatic N) is 2. The van der Waals surface area contributed by atoms with Crippen LogP contribution in [0.3, 0.4) is 0 Å². The molecule has 1 unspecified atom stereocenters. The number of imidazole rings is 1. The van der Waals surface area contributed by atoms with Crippen molar-refractivity contribution in [2.75, 3.05) is 13.1 Å². The van der Waals surface area contributed by atoms with E-state index in [2.05, 4.69) is 4.98 Å². The van der Waals surface area contributed by atoms with E-state index < -0.39 is 11.9 Å². The van der Waals surface area contributed by atoms with E-state index in [4.69, 9.17) is 5.11 Å². The fraction of sp³-hybridized carbons (Fsp3) is 0.357. The van der Waals surface area contributed by atoms with Gasteiger partial charge in [0.25, 0.3) is 5.91 Å². The Kier molecular flexibility index (Phi) is 3.04. The third-order valence-corrected chi connectivity index (χ3v) is 3.98. The maximum Gasteiger partial charge on any atom is 0.326 e. The predicted octanol–water partition coefficient (Wildman–Crippen LogP) is 0.413. The fourth-order valence-corrected chi connectivity index (χ4v) is 2.69. The van der Waals surface area contributed by atoms with E-state index in [0.717, 1.165) is 0 Å². The number of aromatic nitrogens is 2. The van der Waals surface area contributed by atoms with Gasteiger partial charge in [0.15, 0.2) is 0 Å². The van der Waals surface area contributed by atoms with Gasteiger partial charge in [0.05, 0.1) is 17.0 Å². The lowest BCUT2D eigenvalue weighted by molar-refractivity contribution is -0.141. The summed E-state index contributed by atoms with van der Waals surface area (Å²) in [4.78, 5) is 39.1. The molecular weight excluding hydrogens is 274 g/mol. The molecule has 0 saturated carbocycles. The third kappa shape index (κ3) is 2.20. The zero-order chi connectivity index (χ0) is 15.1. The molecule has 7 heteroatoms. The number of hydrogen-bond donors (Lipinski definition) is 2. The van der Waals surface area contributed by atoms with E-state index in [-0.39, 0.29) is 18.1 Å². The SMILES string of the molecule is Cn1c(=O)[nH]c2ccc(C(=O)N3CCC(C(=O)O)C3)cc21. The summed E-state index contributed by atoms with van der Waals surface area (Å²) < 4.78 is 1.44. The molecule has 2 N–H and O–H groups in total. The number of likely N-dealkylation sites (tertiary alicyclic amines) is 1. The second-order valence-corrected chi connectivity index (χ2v) is 5.30. The van der Waals surface area contributed by atoms with Crippen molar-refractivity contribution in [1.82, 2.24) is 14.5 Å². The summed E-state index contributed by atoms with van der Waals surface area (Å²) in [7, 11) is 1.63. The molecular formula is C14H15N3O4.